The third kappa shape index (κ3) is 4.32. The first-order chi connectivity index (χ1) is 10.1. The quantitative estimate of drug-likeness (QED) is 0.833. The Kier molecular flexibility index (Phi) is 5.38. The number of amides is 1. The first-order valence-electron chi connectivity index (χ1n) is 6.96. The number of aryl methyl sites for hydroxylation is 1. The molecule has 1 aromatic carbocycles. The van der Waals surface area contributed by atoms with Crippen LogP contribution >= 0.6 is 11.8 Å². The molecule has 0 unspecified atom stereocenters. The summed E-state index contributed by atoms with van der Waals surface area (Å²) in [5.41, 5.74) is 2.12. The lowest BCUT2D eigenvalue weighted by molar-refractivity contribution is -0.113. The highest BCUT2D eigenvalue weighted by Gasteiger charge is 2.08. The van der Waals surface area contributed by atoms with Crippen LogP contribution in [0.15, 0.2) is 35.7 Å². The number of hydrogen-bond acceptors (Lipinski definition) is 4. The van der Waals surface area contributed by atoms with Crippen LogP contribution in [0.3, 0.4) is 0 Å². The lowest BCUT2D eigenvalue weighted by Gasteiger charge is -2.10. The third-order valence-corrected chi connectivity index (χ3v) is 4.41. The Balaban J connectivity index is 1.86. The second-order valence-electron chi connectivity index (χ2n) is 4.99. The second-order valence-corrected chi connectivity index (χ2v) is 5.94. The summed E-state index contributed by atoms with van der Waals surface area (Å²) in [6.07, 6.45) is 2.73. The second kappa shape index (κ2) is 7.26. The summed E-state index contributed by atoms with van der Waals surface area (Å²) in [6.45, 7) is 4.37. The van der Waals surface area contributed by atoms with E-state index < -0.39 is 0 Å². The molecule has 0 aliphatic heterocycles. The zero-order valence-corrected chi connectivity index (χ0v) is 13.4. The van der Waals surface area contributed by atoms with Gasteiger partial charge in [0, 0.05) is 12.7 Å². The molecule has 0 fully saturated rings. The predicted molar refractivity (Wildman–Crippen MR) is 85.5 cm³/mol. The van der Waals surface area contributed by atoms with E-state index in [-0.39, 0.29) is 5.91 Å². The van der Waals surface area contributed by atoms with Crippen molar-refractivity contribution in [1.82, 2.24) is 14.8 Å². The molecule has 0 aliphatic rings. The number of carbonyl (C=O) groups excluding carboxylic acids is 1. The average molecular weight is 304 g/mol. The molecule has 0 saturated heterocycles. The van der Waals surface area contributed by atoms with Crippen LogP contribution in [0.2, 0.25) is 0 Å². The summed E-state index contributed by atoms with van der Waals surface area (Å²) in [5, 5.41) is 11.3. The molecule has 1 N–H and O–H groups in total. The average Bonchev–Trinajstić information content (AvgIpc) is 2.90. The minimum absolute atomic E-state index is 0.0423. The molecule has 21 heavy (non-hydrogen) atoms. The van der Waals surface area contributed by atoms with E-state index in [1.807, 2.05) is 19.2 Å². The van der Waals surface area contributed by atoms with Gasteiger partial charge in [-0.15, -0.1) is 10.2 Å². The van der Waals surface area contributed by atoms with Gasteiger partial charge in [-0.1, -0.05) is 37.7 Å². The van der Waals surface area contributed by atoms with Crippen molar-refractivity contribution in [3.8, 4) is 0 Å². The number of rotatable bonds is 6. The summed E-state index contributed by atoms with van der Waals surface area (Å²) in [4.78, 5) is 11.9. The molecule has 0 saturated carbocycles. The lowest BCUT2D eigenvalue weighted by atomic mass is 9.99. The van der Waals surface area contributed by atoms with E-state index in [4.69, 9.17) is 0 Å². The van der Waals surface area contributed by atoms with E-state index >= 15 is 0 Å². The Labute approximate surface area is 129 Å². The van der Waals surface area contributed by atoms with Gasteiger partial charge in [0.25, 0.3) is 0 Å². The first kappa shape index (κ1) is 15.6. The van der Waals surface area contributed by atoms with Gasteiger partial charge in [0.15, 0.2) is 5.16 Å². The van der Waals surface area contributed by atoms with Crippen LogP contribution in [0.4, 0.5) is 5.69 Å². The molecule has 6 heteroatoms. The van der Waals surface area contributed by atoms with Crippen LogP contribution in [0.5, 0.6) is 0 Å². The Morgan fingerprint density at radius 2 is 2.10 bits per heavy atom. The summed E-state index contributed by atoms with van der Waals surface area (Å²) in [5.74, 6) is 0.820. The van der Waals surface area contributed by atoms with Gasteiger partial charge in [-0.05, 0) is 30.0 Å². The molecule has 0 bridgehead atoms. The minimum Gasteiger partial charge on any atom is -0.325 e. The molecular weight excluding hydrogens is 284 g/mol. The molecule has 0 aliphatic carbocycles. The van der Waals surface area contributed by atoms with Crippen LogP contribution in [-0.4, -0.2) is 26.4 Å². The zero-order valence-electron chi connectivity index (χ0n) is 12.5. The van der Waals surface area contributed by atoms with Crippen molar-refractivity contribution in [3.05, 3.63) is 36.2 Å². The fourth-order valence-electron chi connectivity index (χ4n) is 1.86. The topological polar surface area (TPSA) is 59.8 Å². The third-order valence-electron chi connectivity index (χ3n) is 3.38. The van der Waals surface area contributed by atoms with Gasteiger partial charge in [0.05, 0.1) is 5.75 Å². The highest BCUT2D eigenvalue weighted by molar-refractivity contribution is 7.99. The van der Waals surface area contributed by atoms with Crippen molar-refractivity contribution >= 4 is 23.4 Å². The maximum Gasteiger partial charge on any atom is 0.234 e. The molecule has 2 aromatic rings. The number of anilines is 1. The summed E-state index contributed by atoms with van der Waals surface area (Å²) < 4.78 is 1.79. The van der Waals surface area contributed by atoms with Gasteiger partial charge in [-0.3, -0.25) is 4.79 Å². The van der Waals surface area contributed by atoms with Crippen molar-refractivity contribution in [3.63, 3.8) is 0 Å². The normalized spacial score (nSPS) is 12.1. The van der Waals surface area contributed by atoms with E-state index in [0.717, 1.165) is 17.3 Å². The van der Waals surface area contributed by atoms with E-state index in [1.54, 1.807) is 10.9 Å². The molecule has 1 aromatic heterocycles. The van der Waals surface area contributed by atoms with Crippen LogP contribution in [0.1, 0.15) is 31.7 Å². The zero-order chi connectivity index (χ0) is 15.2. The lowest BCUT2D eigenvalue weighted by Crippen LogP contribution is -2.14. The van der Waals surface area contributed by atoms with Crippen molar-refractivity contribution in [2.75, 3.05) is 11.1 Å². The largest absolute Gasteiger partial charge is 0.325 e. The Morgan fingerprint density at radius 1 is 1.38 bits per heavy atom. The maximum atomic E-state index is 11.9. The molecule has 2 rings (SSSR count). The molecule has 1 atom stereocenters. The van der Waals surface area contributed by atoms with Gasteiger partial charge in [0.1, 0.15) is 6.33 Å². The molecule has 1 heterocycles. The molecular formula is C15H20N4OS. The Bertz CT molecular complexity index is 594. The number of benzene rings is 1. The van der Waals surface area contributed by atoms with Crippen molar-refractivity contribution in [1.29, 1.82) is 0 Å². The maximum absolute atomic E-state index is 11.9. The monoisotopic (exact) mass is 304 g/mol. The number of nitrogens with zero attached hydrogens (tertiary/aromatic N) is 3. The molecule has 0 radical (unpaired) electrons. The Hall–Kier alpha value is -1.82. The van der Waals surface area contributed by atoms with Gasteiger partial charge < -0.3 is 9.88 Å². The van der Waals surface area contributed by atoms with Crippen LogP contribution < -0.4 is 5.32 Å². The highest BCUT2D eigenvalue weighted by atomic mass is 32.2. The number of hydrogen-bond donors (Lipinski definition) is 1. The predicted octanol–water partition coefficient (Wildman–Crippen LogP) is 3.06. The standard InChI is InChI=1S/C15H20N4OS/c1-4-11(2)12-5-7-13(8-6-12)17-14(20)9-21-15-18-16-10-19(15)3/h5-8,10-11H,4,9H2,1-3H3,(H,17,20)/t11-/m1/s1. The van der Waals surface area contributed by atoms with E-state index in [0.29, 0.717) is 11.7 Å². The van der Waals surface area contributed by atoms with Gasteiger partial charge in [-0.2, -0.15) is 0 Å². The van der Waals surface area contributed by atoms with Crippen LogP contribution in [0.25, 0.3) is 0 Å². The van der Waals surface area contributed by atoms with Crippen LogP contribution in [0, 0.1) is 0 Å². The summed E-state index contributed by atoms with van der Waals surface area (Å²) in [6, 6.07) is 8.04. The van der Waals surface area contributed by atoms with E-state index in [1.165, 1.54) is 17.3 Å². The van der Waals surface area contributed by atoms with Crippen molar-refractivity contribution in [2.24, 2.45) is 7.05 Å². The van der Waals surface area contributed by atoms with Crippen molar-refractivity contribution < 1.29 is 4.79 Å². The summed E-state index contributed by atoms with van der Waals surface area (Å²) >= 11 is 1.37. The smallest absolute Gasteiger partial charge is 0.234 e. The fourth-order valence-corrected chi connectivity index (χ4v) is 2.55. The van der Waals surface area contributed by atoms with Crippen molar-refractivity contribution in [2.45, 2.75) is 31.3 Å². The molecule has 5 nitrogen and oxygen atoms in total. The SMILES string of the molecule is CC[C@@H](C)c1ccc(NC(=O)CSc2nncn2C)cc1. The van der Waals surface area contributed by atoms with E-state index in [9.17, 15) is 4.79 Å². The van der Waals surface area contributed by atoms with Gasteiger partial charge in [0.2, 0.25) is 5.91 Å². The number of aromatic nitrogens is 3. The van der Waals surface area contributed by atoms with Crippen LogP contribution in [-0.2, 0) is 11.8 Å². The number of nitrogens with one attached hydrogen (secondary N) is 1. The molecule has 112 valence electrons. The van der Waals surface area contributed by atoms with Gasteiger partial charge in [-0.25, -0.2) is 0 Å². The first-order valence-corrected chi connectivity index (χ1v) is 7.95. The fraction of sp³-hybridized carbons (Fsp3) is 0.400. The molecule has 1 amide bonds. The number of thioether (sulfide) groups is 1. The molecule has 0 spiro atoms. The number of carbonyl (C=O) groups is 1. The Morgan fingerprint density at radius 3 is 2.67 bits per heavy atom. The van der Waals surface area contributed by atoms with E-state index in [2.05, 4.69) is 41.5 Å². The van der Waals surface area contributed by atoms with Gasteiger partial charge >= 0.3 is 0 Å². The summed E-state index contributed by atoms with van der Waals surface area (Å²) in [7, 11) is 1.86. The highest BCUT2D eigenvalue weighted by Crippen LogP contribution is 2.21. The minimum atomic E-state index is -0.0423.